The average Bonchev–Trinajstić information content (AvgIpc) is 3.59. The average molecular weight is 802 g/mol. The minimum atomic E-state index is -1.92. The molecular formula is C45H47N5O9. The van der Waals surface area contributed by atoms with E-state index < -0.39 is 29.8 Å². The van der Waals surface area contributed by atoms with Gasteiger partial charge >= 0.3 is 12.1 Å². The lowest BCUT2D eigenvalue weighted by Crippen LogP contribution is -2.52. The van der Waals surface area contributed by atoms with Crippen LogP contribution in [0.3, 0.4) is 0 Å². The van der Waals surface area contributed by atoms with Crippen LogP contribution in [0, 0.1) is 0 Å². The molecule has 3 aromatic carbocycles. The maximum absolute atomic E-state index is 13.7. The van der Waals surface area contributed by atoms with Crippen LogP contribution < -0.4 is 26.2 Å². The summed E-state index contributed by atoms with van der Waals surface area (Å²) in [7, 11) is 0. The van der Waals surface area contributed by atoms with E-state index in [2.05, 4.69) is 16.0 Å². The third-order valence-electron chi connectivity index (χ3n) is 10.8. The molecule has 7 rings (SSSR count). The Hall–Kier alpha value is -6.38. The van der Waals surface area contributed by atoms with Crippen molar-refractivity contribution >= 4 is 40.5 Å². The lowest BCUT2D eigenvalue weighted by Gasteiger charge is -2.31. The first-order chi connectivity index (χ1) is 28.3. The number of nitrogens with zero attached hydrogens (tertiary/aromatic N) is 2. The van der Waals surface area contributed by atoms with Crippen molar-refractivity contribution in [3.63, 3.8) is 0 Å². The summed E-state index contributed by atoms with van der Waals surface area (Å²) in [6.07, 6.45) is 0.205. The van der Waals surface area contributed by atoms with E-state index >= 15 is 0 Å². The molecule has 2 amide bonds. The molecule has 4 heterocycles. The Balaban J connectivity index is 0.965. The van der Waals surface area contributed by atoms with Gasteiger partial charge in [-0.05, 0) is 79.3 Å². The second kappa shape index (κ2) is 16.8. The van der Waals surface area contributed by atoms with Gasteiger partial charge in [-0.2, -0.15) is 0 Å². The Morgan fingerprint density at radius 3 is 2.37 bits per heavy atom. The van der Waals surface area contributed by atoms with Crippen LogP contribution in [0.4, 0.5) is 10.5 Å². The zero-order chi connectivity index (χ0) is 42.0. The summed E-state index contributed by atoms with van der Waals surface area (Å²) in [5.41, 5.74) is 3.88. The zero-order valence-electron chi connectivity index (χ0n) is 33.6. The lowest BCUT2D eigenvalue weighted by molar-refractivity contribution is -0.172. The largest absolute Gasteiger partial charge is 0.514 e. The fourth-order valence-electron chi connectivity index (χ4n) is 7.67. The molecule has 0 saturated carbocycles. The number of aliphatic hydroxyl groups is 1. The van der Waals surface area contributed by atoms with Crippen LogP contribution in [0.5, 0.6) is 5.75 Å². The number of carbonyl (C=O) groups excluding carboxylic acids is 4. The molecule has 0 fully saturated rings. The van der Waals surface area contributed by atoms with Gasteiger partial charge in [-0.1, -0.05) is 70.2 Å². The second-order valence-electron chi connectivity index (χ2n) is 15.2. The molecule has 14 nitrogen and oxygen atoms in total. The molecule has 14 heteroatoms. The highest BCUT2D eigenvalue weighted by Gasteiger charge is 2.45. The van der Waals surface area contributed by atoms with E-state index in [1.807, 2.05) is 51.1 Å². The molecule has 3 atom stereocenters. The number of hydrogen-bond donors (Lipinski definition) is 4. The number of benzene rings is 3. The number of aryl methyl sites for hydroxylation is 1. The van der Waals surface area contributed by atoms with Crippen molar-refractivity contribution in [1.29, 1.82) is 0 Å². The Morgan fingerprint density at radius 2 is 1.68 bits per heavy atom. The number of esters is 1. The van der Waals surface area contributed by atoms with Gasteiger partial charge in [-0.15, -0.1) is 0 Å². The van der Waals surface area contributed by atoms with Crippen molar-refractivity contribution in [2.45, 2.75) is 97.4 Å². The number of rotatable bonds is 13. The van der Waals surface area contributed by atoms with Gasteiger partial charge in [0.2, 0.25) is 11.8 Å². The van der Waals surface area contributed by atoms with Gasteiger partial charge in [0, 0.05) is 28.2 Å². The summed E-state index contributed by atoms with van der Waals surface area (Å²) in [6.45, 7) is 9.15. The molecule has 306 valence electrons. The Bertz CT molecular complexity index is 2500. The molecular weight excluding hydrogens is 755 g/mol. The van der Waals surface area contributed by atoms with Crippen LogP contribution in [-0.4, -0.2) is 56.7 Å². The number of ether oxygens (including phenoxy) is 3. The van der Waals surface area contributed by atoms with E-state index in [1.54, 1.807) is 66.9 Å². The molecule has 0 saturated heterocycles. The molecule has 0 unspecified atom stereocenters. The topological polar surface area (TPSA) is 187 Å². The first-order valence-corrected chi connectivity index (χ1v) is 19.8. The minimum absolute atomic E-state index is 0.0495. The van der Waals surface area contributed by atoms with Gasteiger partial charge in [0.1, 0.15) is 25.0 Å². The molecule has 2 aromatic heterocycles. The third kappa shape index (κ3) is 8.32. The van der Waals surface area contributed by atoms with E-state index in [-0.39, 0.29) is 66.5 Å². The van der Waals surface area contributed by atoms with Crippen LogP contribution in [0.2, 0.25) is 0 Å². The highest BCUT2D eigenvalue weighted by Crippen LogP contribution is 2.40. The van der Waals surface area contributed by atoms with Crippen molar-refractivity contribution in [2.75, 3.05) is 5.32 Å². The highest BCUT2D eigenvalue weighted by atomic mass is 16.7. The summed E-state index contributed by atoms with van der Waals surface area (Å²) >= 11 is 0. The maximum Gasteiger partial charge on any atom is 0.514 e. The minimum Gasteiger partial charge on any atom is -0.458 e. The number of hydrogen-bond acceptors (Lipinski definition) is 11. The Morgan fingerprint density at radius 1 is 0.932 bits per heavy atom. The number of cyclic esters (lactones) is 1. The van der Waals surface area contributed by atoms with Gasteiger partial charge in [0.25, 0.3) is 5.56 Å². The van der Waals surface area contributed by atoms with Gasteiger partial charge < -0.3 is 39.8 Å². The van der Waals surface area contributed by atoms with Crippen molar-refractivity contribution in [3.8, 4) is 17.1 Å². The fraction of sp³-hybridized carbons (Fsp3) is 0.333. The molecule has 0 radical (unpaired) electrons. The van der Waals surface area contributed by atoms with Gasteiger partial charge in [0.05, 0.1) is 35.1 Å². The van der Waals surface area contributed by atoms with E-state index in [4.69, 9.17) is 19.2 Å². The highest BCUT2D eigenvalue weighted by molar-refractivity contribution is 5.97. The number of aromatic nitrogens is 2. The number of anilines is 1. The summed E-state index contributed by atoms with van der Waals surface area (Å²) in [6, 6.07) is 21.9. The summed E-state index contributed by atoms with van der Waals surface area (Å²) < 4.78 is 17.7. The van der Waals surface area contributed by atoms with Crippen molar-refractivity contribution in [1.82, 2.24) is 20.2 Å². The number of pyridine rings is 2. The van der Waals surface area contributed by atoms with E-state index in [0.29, 0.717) is 41.0 Å². The summed E-state index contributed by atoms with van der Waals surface area (Å²) in [5.74, 6) is -1.19. The van der Waals surface area contributed by atoms with E-state index in [1.165, 1.54) is 0 Å². The normalized spacial score (nSPS) is 16.4. The SMILES string of the molecule is CCc1c2c(nc3ccc(OC(=O)OCc4ccc(NC(=O)[C@H](C)NC(=O)[C@H](Cc5ccccc5)NC(C)C)cc4)cc13)-c1cc3c(c(=O)n1C2)COC(=O)[C@]3(O)CC. The van der Waals surface area contributed by atoms with Gasteiger partial charge in [-0.25, -0.2) is 14.6 Å². The third-order valence-corrected chi connectivity index (χ3v) is 10.8. The number of nitrogens with one attached hydrogen (secondary N) is 3. The molecule has 5 aromatic rings. The number of carbonyl (C=O) groups is 4. The molecule has 2 aliphatic rings. The smallest absolute Gasteiger partial charge is 0.458 e. The second-order valence-corrected chi connectivity index (χ2v) is 15.2. The zero-order valence-corrected chi connectivity index (χ0v) is 33.6. The summed E-state index contributed by atoms with van der Waals surface area (Å²) in [5, 5.41) is 20.9. The van der Waals surface area contributed by atoms with Gasteiger partial charge in [0.15, 0.2) is 5.60 Å². The number of amides is 2. The van der Waals surface area contributed by atoms with Crippen LogP contribution in [0.25, 0.3) is 22.3 Å². The first kappa shape index (κ1) is 40.8. The fourth-order valence-corrected chi connectivity index (χ4v) is 7.67. The van der Waals surface area contributed by atoms with Crippen LogP contribution in [0.15, 0.2) is 83.7 Å². The standard InChI is InChI=1S/C45H47N5O9/c1-6-31-32-20-30(17-18-36(32)49-39-33(31)22-50-38(39)21-35-34(42(50)53)24-57-43(54)45(35,56)7-2)59-44(55)58-23-28-13-15-29(16-14-28)48-40(51)26(5)47-41(52)37(46-25(3)4)19-27-11-9-8-10-12-27/h8-18,20-21,25-26,37,46,56H,6-7,19,22-24H2,1-5H3,(H,47,52)(H,48,51)/t26-,37-,45-/m0/s1. The quantitative estimate of drug-likeness (QED) is 0.0865. The Labute approximate surface area is 340 Å². The Kier molecular flexibility index (Phi) is 11.6. The van der Waals surface area contributed by atoms with Crippen LogP contribution in [-0.2, 0) is 62.1 Å². The molecule has 0 bridgehead atoms. The molecule has 2 aliphatic heterocycles. The molecule has 0 spiro atoms. The first-order valence-electron chi connectivity index (χ1n) is 19.8. The van der Waals surface area contributed by atoms with Crippen LogP contribution >= 0.6 is 0 Å². The molecule has 4 N–H and O–H groups in total. The van der Waals surface area contributed by atoms with Gasteiger partial charge in [-0.3, -0.25) is 14.4 Å². The van der Waals surface area contributed by atoms with E-state index in [9.17, 15) is 29.1 Å². The van der Waals surface area contributed by atoms with Crippen molar-refractivity contribution in [2.24, 2.45) is 0 Å². The predicted octanol–water partition coefficient (Wildman–Crippen LogP) is 5.41. The number of fused-ring (bicyclic) bond motifs is 5. The maximum atomic E-state index is 13.7. The van der Waals surface area contributed by atoms with Crippen molar-refractivity contribution in [3.05, 3.63) is 123 Å². The summed E-state index contributed by atoms with van der Waals surface area (Å²) in [4.78, 5) is 70.0. The lowest BCUT2D eigenvalue weighted by atomic mass is 9.86. The van der Waals surface area contributed by atoms with Crippen LogP contribution in [0.1, 0.15) is 74.4 Å². The van der Waals surface area contributed by atoms with Crippen molar-refractivity contribution < 1.29 is 38.5 Å². The van der Waals surface area contributed by atoms with E-state index in [0.717, 1.165) is 22.1 Å². The molecule has 59 heavy (non-hydrogen) atoms. The predicted molar refractivity (Wildman–Crippen MR) is 220 cm³/mol. The monoisotopic (exact) mass is 801 g/mol. The molecule has 0 aliphatic carbocycles.